The lowest BCUT2D eigenvalue weighted by atomic mass is 10.3. The van der Waals surface area contributed by atoms with Gasteiger partial charge in [0.2, 0.25) is 0 Å². The van der Waals surface area contributed by atoms with E-state index in [1.807, 2.05) is 0 Å². The van der Waals surface area contributed by atoms with E-state index in [-0.39, 0.29) is 6.10 Å². The molecule has 1 rings (SSSR count). The summed E-state index contributed by atoms with van der Waals surface area (Å²) in [5.74, 6) is 0. The Labute approximate surface area is 50.8 Å². The summed E-state index contributed by atoms with van der Waals surface area (Å²) in [5.41, 5.74) is 0. The Bertz CT molecular complexity index is 78.8. The molecule has 3 unspecified atom stereocenters. The summed E-state index contributed by atoms with van der Waals surface area (Å²) in [6, 6.07) is 0. The number of alkyl halides is 1. The maximum absolute atomic E-state index is 12.1. The zero-order valence-corrected chi connectivity index (χ0v) is 5.79. The van der Waals surface area contributed by atoms with Crippen LogP contribution in [0.2, 0.25) is 0 Å². The average molecular weight is 136 g/mol. The van der Waals surface area contributed by atoms with Gasteiger partial charge in [-0.1, -0.05) is 0 Å². The predicted molar refractivity (Wildman–Crippen MR) is 33.6 cm³/mol. The number of rotatable bonds is 1. The molecule has 0 aliphatic carbocycles. The monoisotopic (exact) mass is 136 g/mol. The first-order chi connectivity index (χ1) is 3.83. The fourth-order valence-corrected chi connectivity index (χ4v) is 1.18. The molecule has 1 aliphatic rings. The third-order valence-corrected chi connectivity index (χ3v) is 1.84. The topological polar surface area (TPSA) is 9.23 Å². The van der Waals surface area contributed by atoms with Gasteiger partial charge in [-0.05, 0) is 12.6 Å². The van der Waals surface area contributed by atoms with Gasteiger partial charge in [-0.25, -0.2) is 4.39 Å². The third-order valence-electron chi connectivity index (χ3n) is 1.32. The Hall–Kier alpha value is 0.320. The molecule has 1 heterocycles. The van der Waals surface area contributed by atoms with Crippen LogP contribution in [0.15, 0.2) is 0 Å². The largest absolute Gasteiger partial charge is 0.344 e. The highest BCUT2D eigenvalue weighted by molar-refractivity contribution is 7.16. The smallest absolute Gasteiger partial charge is 0.199 e. The molecule has 0 bridgehead atoms. The first-order valence-corrected chi connectivity index (χ1v) is 3.64. The molecule has 1 nitrogen and oxygen atoms in total. The molecule has 1 saturated heterocycles. The molecule has 48 valence electrons. The highest BCUT2D eigenvalue weighted by Crippen LogP contribution is 2.21. The molecule has 0 radical (unpaired) electrons. The minimum absolute atomic E-state index is 0.162. The molecule has 0 aromatic carbocycles. The van der Waals surface area contributed by atoms with E-state index in [0.717, 1.165) is 12.6 Å². The molecule has 0 spiro atoms. The summed E-state index contributed by atoms with van der Waals surface area (Å²) in [7, 11) is 2.55. The first kappa shape index (κ1) is 6.44. The molecule has 1 aliphatic heterocycles. The molecule has 0 saturated carbocycles. The van der Waals surface area contributed by atoms with Gasteiger partial charge in [0.05, 0.1) is 6.10 Å². The minimum atomic E-state index is -0.986. The van der Waals surface area contributed by atoms with Gasteiger partial charge >= 0.3 is 0 Å². The lowest BCUT2D eigenvalue weighted by Gasteiger charge is -2.03. The summed E-state index contributed by atoms with van der Waals surface area (Å²) in [6.45, 7) is 0. The SMILES string of the molecule is FC1CCC(CP)O1. The zero-order chi connectivity index (χ0) is 5.98. The van der Waals surface area contributed by atoms with Crippen LogP contribution in [0.1, 0.15) is 12.8 Å². The van der Waals surface area contributed by atoms with Crippen molar-refractivity contribution >= 4 is 9.24 Å². The van der Waals surface area contributed by atoms with Gasteiger partial charge in [-0.3, -0.25) is 0 Å². The number of hydrogen-bond acceptors (Lipinski definition) is 1. The van der Waals surface area contributed by atoms with E-state index < -0.39 is 6.36 Å². The van der Waals surface area contributed by atoms with Gasteiger partial charge in [-0.2, -0.15) is 0 Å². The van der Waals surface area contributed by atoms with Crippen molar-refractivity contribution in [3.8, 4) is 0 Å². The van der Waals surface area contributed by atoms with Crippen LogP contribution in [0.4, 0.5) is 4.39 Å². The summed E-state index contributed by atoms with van der Waals surface area (Å²) in [6.07, 6.45) is 1.50. The van der Waals surface area contributed by atoms with E-state index in [1.165, 1.54) is 0 Å². The van der Waals surface area contributed by atoms with Gasteiger partial charge in [0, 0.05) is 6.42 Å². The summed E-state index contributed by atoms with van der Waals surface area (Å²) < 4.78 is 17.0. The van der Waals surface area contributed by atoms with Crippen LogP contribution in [0.3, 0.4) is 0 Å². The molecule has 3 atom stereocenters. The van der Waals surface area contributed by atoms with Gasteiger partial charge in [0.15, 0.2) is 6.36 Å². The van der Waals surface area contributed by atoms with E-state index in [9.17, 15) is 4.39 Å². The van der Waals surface area contributed by atoms with E-state index in [4.69, 9.17) is 4.74 Å². The van der Waals surface area contributed by atoms with Crippen LogP contribution in [0.5, 0.6) is 0 Å². The highest BCUT2D eigenvalue weighted by atomic mass is 31.0. The van der Waals surface area contributed by atoms with Crippen molar-refractivity contribution in [3.05, 3.63) is 0 Å². The van der Waals surface area contributed by atoms with Crippen LogP contribution >= 0.6 is 9.24 Å². The summed E-state index contributed by atoms with van der Waals surface area (Å²) in [4.78, 5) is 0. The van der Waals surface area contributed by atoms with Gasteiger partial charge in [-0.15, -0.1) is 9.24 Å². The Balaban J connectivity index is 2.22. The Morgan fingerprint density at radius 3 is 2.62 bits per heavy atom. The van der Waals surface area contributed by atoms with Crippen LogP contribution in [-0.4, -0.2) is 18.6 Å². The number of hydrogen-bond donors (Lipinski definition) is 0. The second-order valence-electron chi connectivity index (χ2n) is 1.98. The van der Waals surface area contributed by atoms with Crippen molar-refractivity contribution in [1.82, 2.24) is 0 Å². The molecular formula is C5H10FOP. The fraction of sp³-hybridized carbons (Fsp3) is 1.00. The summed E-state index contributed by atoms with van der Waals surface area (Å²) >= 11 is 0. The van der Waals surface area contributed by atoms with Crippen LogP contribution in [0, 0.1) is 0 Å². The molecule has 0 aromatic rings. The maximum Gasteiger partial charge on any atom is 0.199 e. The van der Waals surface area contributed by atoms with Crippen LogP contribution in [-0.2, 0) is 4.74 Å². The van der Waals surface area contributed by atoms with Gasteiger partial charge in [0.1, 0.15) is 0 Å². The van der Waals surface area contributed by atoms with E-state index in [0.29, 0.717) is 6.42 Å². The lowest BCUT2D eigenvalue weighted by molar-refractivity contribution is -0.0249. The lowest BCUT2D eigenvalue weighted by Crippen LogP contribution is -2.07. The Kier molecular flexibility index (Phi) is 2.21. The van der Waals surface area contributed by atoms with E-state index in [2.05, 4.69) is 9.24 Å². The molecule has 0 N–H and O–H groups in total. The second-order valence-corrected chi connectivity index (χ2v) is 2.45. The molecule has 0 aromatic heterocycles. The molecule has 0 amide bonds. The van der Waals surface area contributed by atoms with Crippen molar-refractivity contribution in [2.45, 2.75) is 25.3 Å². The predicted octanol–water partition coefficient (Wildman–Crippen LogP) is 1.34. The van der Waals surface area contributed by atoms with Crippen molar-refractivity contribution < 1.29 is 9.13 Å². The van der Waals surface area contributed by atoms with Crippen molar-refractivity contribution in [2.24, 2.45) is 0 Å². The molecule has 8 heavy (non-hydrogen) atoms. The number of halogens is 1. The quantitative estimate of drug-likeness (QED) is 0.494. The molecule has 3 heteroatoms. The fourth-order valence-electron chi connectivity index (χ4n) is 0.835. The Morgan fingerprint density at radius 2 is 2.38 bits per heavy atom. The second kappa shape index (κ2) is 2.75. The minimum Gasteiger partial charge on any atom is -0.344 e. The summed E-state index contributed by atoms with van der Waals surface area (Å²) in [5, 5.41) is 0. The third kappa shape index (κ3) is 1.40. The van der Waals surface area contributed by atoms with Gasteiger partial charge in [0.25, 0.3) is 0 Å². The van der Waals surface area contributed by atoms with E-state index in [1.54, 1.807) is 0 Å². The van der Waals surface area contributed by atoms with Crippen molar-refractivity contribution in [2.75, 3.05) is 6.16 Å². The normalized spacial score (nSPS) is 38.2. The van der Waals surface area contributed by atoms with Crippen molar-refractivity contribution in [1.29, 1.82) is 0 Å². The number of ether oxygens (including phenoxy) is 1. The van der Waals surface area contributed by atoms with Gasteiger partial charge < -0.3 is 4.74 Å². The van der Waals surface area contributed by atoms with Crippen molar-refractivity contribution in [3.63, 3.8) is 0 Å². The molecular weight excluding hydrogens is 126 g/mol. The first-order valence-electron chi connectivity index (χ1n) is 2.82. The van der Waals surface area contributed by atoms with E-state index >= 15 is 0 Å². The average Bonchev–Trinajstić information content (AvgIpc) is 2.14. The maximum atomic E-state index is 12.1. The standard InChI is InChI=1S/C5H10FOP/c6-5-2-1-4(3-8)7-5/h4-5H,1-3,8H2. The molecule has 1 fully saturated rings. The van der Waals surface area contributed by atoms with Crippen LogP contribution < -0.4 is 0 Å². The van der Waals surface area contributed by atoms with Crippen LogP contribution in [0.25, 0.3) is 0 Å². The Morgan fingerprint density at radius 1 is 1.62 bits per heavy atom. The highest BCUT2D eigenvalue weighted by Gasteiger charge is 2.22. The zero-order valence-electron chi connectivity index (χ0n) is 4.64.